The second-order valence-corrected chi connectivity index (χ2v) is 4.47. The van der Waals surface area contributed by atoms with Crippen LogP contribution < -0.4 is 10.2 Å². The van der Waals surface area contributed by atoms with E-state index in [4.69, 9.17) is 4.42 Å². The van der Waals surface area contributed by atoms with Gasteiger partial charge in [0, 0.05) is 25.7 Å². The fourth-order valence-electron chi connectivity index (χ4n) is 1.97. The van der Waals surface area contributed by atoms with Crippen molar-refractivity contribution in [1.29, 1.82) is 0 Å². The van der Waals surface area contributed by atoms with Crippen LogP contribution in [0.4, 0.5) is 6.01 Å². The van der Waals surface area contributed by atoms with Crippen LogP contribution in [-0.4, -0.2) is 24.1 Å². The van der Waals surface area contributed by atoms with E-state index in [1.54, 1.807) is 6.26 Å². The standard InChI is InChI=1S/C11H17N3O/c1-2-6-14(5-1)11-13-10(8-15-11)7-12-9-3-4-9/h8-9,12H,1-7H2. The first-order valence-corrected chi connectivity index (χ1v) is 5.84. The fraction of sp³-hybridized carbons (Fsp3) is 0.727. The summed E-state index contributed by atoms with van der Waals surface area (Å²) in [5.74, 6) is 0. The van der Waals surface area contributed by atoms with E-state index in [0.29, 0.717) is 0 Å². The van der Waals surface area contributed by atoms with Crippen LogP contribution in [0.25, 0.3) is 0 Å². The van der Waals surface area contributed by atoms with Crippen LogP contribution >= 0.6 is 0 Å². The van der Waals surface area contributed by atoms with Crippen LogP contribution in [0.1, 0.15) is 31.4 Å². The minimum atomic E-state index is 0.733. The average molecular weight is 207 g/mol. The molecule has 15 heavy (non-hydrogen) atoms. The van der Waals surface area contributed by atoms with Crippen molar-refractivity contribution in [2.24, 2.45) is 0 Å². The molecule has 4 heteroatoms. The summed E-state index contributed by atoms with van der Waals surface area (Å²) in [7, 11) is 0. The quantitative estimate of drug-likeness (QED) is 0.813. The molecule has 0 radical (unpaired) electrons. The molecule has 1 aromatic heterocycles. The predicted octanol–water partition coefficient (Wildman–Crippen LogP) is 1.53. The number of nitrogens with zero attached hydrogens (tertiary/aromatic N) is 2. The molecule has 1 aliphatic heterocycles. The second-order valence-electron chi connectivity index (χ2n) is 4.47. The highest BCUT2D eigenvalue weighted by Crippen LogP contribution is 2.21. The lowest BCUT2D eigenvalue weighted by Gasteiger charge is -2.10. The van der Waals surface area contributed by atoms with E-state index < -0.39 is 0 Å². The van der Waals surface area contributed by atoms with Gasteiger partial charge in [0.15, 0.2) is 0 Å². The zero-order valence-corrected chi connectivity index (χ0v) is 8.91. The van der Waals surface area contributed by atoms with Gasteiger partial charge >= 0.3 is 0 Å². The van der Waals surface area contributed by atoms with Crippen LogP contribution in [0.2, 0.25) is 0 Å². The van der Waals surface area contributed by atoms with Crippen molar-refractivity contribution < 1.29 is 4.42 Å². The van der Waals surface area contributed by atoms with Gasteiger partial charge in [-0.2, -0.15) is 4.98 Å². The largest absolute Gasteiger partial charge is 0.432 e. The first-order valence-electron chi connectivity index (χ1n) is 5.84. The zero-order chi connectivity index (χ0) is 10.1. The van der Waals surface area contributed by atoms with Crippen molar-refractivity contribution in [2.75, 3.05) is 18.0 Å². The summed E-state index contributed by atoms with van der Waals surface area (Å²) < 4.78 is 5.48. The molecular formula is C11H17N3O. The molecule has 1 saturated carbocycles. The summed E-state index contributed by atoms with van der Waals surface area (Å²) in [6.07, 6.45) is 6.94. The van der Waals surface area contributed by atoms with Gasteiger partial charge in [-0.05, 0) is 25.7 Å². The Morgan fingerprint density at radius 3 is 2.93 bits per heavy atom. The Balaban J connectivity index is 1.59. The lowest BCUT2D eigenvalue weighted by Crippen LogP contribution is -2.18. The van der Waals surface area contributed by atoms with Gasteiger partial charge in [0.2, 0.25) is 0 Å². The molecule has 82 valence electrons. The first-order chi connectivity index (χ1) is 7.42. The van der Waals surface area contributed by atoms with Gasteiger partial charge in [0.05, 0.1) is 5.69 Å². The fourth-order valence-corrected chi connectivity index (χ4v) is 1.97. The third-order valence-corrected chi connectivity index (χ3v) is 3.07. The third-order valence-electron chi connectivity index (χ3n) is 3.07. The summed E-state index contributed by atoms with van der Waals surface area (Å²) in [5, 5.41) is 3.44. The van der Waals surface area contributed by atoms with E-state index in [2.05, 4.69) is 15.2 Å². The van der Waals surface area contributed by atoms with Gasteiger partial charge in [-0.1, -0.05) is 0 Å². The SMILES string of the molecule is c1oc(N2CCCC2)nc1CNC1CC1. The maximum absolute atomic E-state index is 5.48. The minimum Gasteiger partial charge on any atom is -0.432 e. The number of rotatable bonds is 4. The molecule has 2 aliphatic rings. The van der Waals surface area contributed by atoms with Gasteiger partial charge in [0.1, 0.15) is 6.26 Å². The van der Waals surface area contributed by atoms with Crippen LogP contribution in [0.5, 0.6) is 0 Å². The number of anilines is 1. The summed E-state index contributed by atoms with van der Waals surface area (Å²) in [6, 6.07) is 1.54. The highest BCUT2D eigenvalue weighted by molar-refractivity contribution is 5.28. The molecule has 0 unspecified atom stereocenters. The molecule has 0 atom stereocenters. The smallest absolute Gasteiger partial charge is 0.297 e. The maximum Gasteiger partial charge on any atom is 0.297 e. The third kappa shape index (κ3) is 2.15. The van der Waals surface area contributed by atoms with E-state index in [-0.39, 0.29) is 0 Å². The number of nitrogens with one attached hydrogen (secondary N) is 1. The number of aromatic nitrogens is 1. The van der Waals surface area contributed by atoms with Gasteiger partial charge in [-0.15, -0.1) is 0 Å². The molecule has 2 fully saturated rings. The highest BCUT2D eigenvalue weighted by Gasteiger charge is 2.21. The van der Waals surface area contributed by atoms with Crippen molar-refractivity contribution in [1.82, 2.24) is 10.3 Å². The van der Waals surface area contributed by atoms with Crippen LogP contribution in [-0.2, 0) is 6.54 Å². The number of oxazole rings is 1. The molecule has 1 aliphatic carbocycles. The molecular weight excluding hydrogens is 190 g/mol. The van der Waals surface area contributed by atoms with Crippen LogP contribution in [0.3, 0.4) is 0 Å². The Morgan fingerprint density at radius 1 is 1.40 bits per heavy atom. The van der Waals surface area contributed by atoms with Crippen molar-refractivity contribution in [3.63, 3.8) is 0 Å². The zero-order valence-electron chi connectivity index (χ0n) is 8.91. The topological polar surface area (TPSA) is 41.3 Å². The summed E-state index contributed by atoms with van der Waals surface area (Å²) in [5.41, 5.74) is 1.03. The van der Waals surface area contributed by atoms with E-state index in [9.17, 15) is 0 Å². The Bertz CT molecular complexity index is 326. The Kier molecular flexibility index (Phi) is 2.37. The van der Waals surface area contributed by atoms with Gasteiger partial charge < -0.3 is 14.6 Å². The Hall–Kier alpha value is -1.03. The molecule has 0 aromatic carbocycles. The molecule has 3 rings (SSSR count). The minimum absolute atomic E-state index is 0.733. The Morgan fingerprint density at radius 2 is 2.20 bits per heavy atom. The predicted molar refractivity (Wildman–Crippen MR) is 57.8 cm³/mol. The van der Waals surface area contributed by atoms with Crippen LogP contribution in [0, 0.1) is 0 Å². The van der Waals surface area contributed by atoms with Crippen molar-refractivity contribution in [3.05, 3.63) is 12.0 Å². The number of hydrogen-bond acceptors (Lipinski definition) is 4. The highest BCUT2D eigenvalue weighted by atomic mass is 16.4. The molecule has 0 amide bonds. The molecule has 0 bridgehead atoms. The summed E-state index contributed by atoms with van der Waals surface area (Å²) in [4.78, 5) is 6.71. The molecule has 1 aromatic rings. The number of hydrogen-bond donors (Lipinski definition) is 1. The lowest BCUT2D eigenvalue weighted by atomic mass is 10.4. The van der Waals surface area contributed by atoms with Crippen LogP contribution in [0.15, 0.2) is 10.7 Å². The van der Waals surface area contributed by atoms with Gasteiger partial charge in [-0.3, -0.25) is 0 Å². The van der Waals surface area contributed by atoms with Crippen molar-refractivity contribution >= 4 is 6.01 Å². The monoisotopic (exact) mass is 207 g/mol. The molecule has 4 nitrogen and oxygen atoms in total. The second kappa shape index (κ2) is 3.85. The Labute approximate surface area is 89.7 Å². The molecule has 2 heterocycles. The van der Waals surface area contributed by atoms with E-state index in [1.165, 1.54) is 25.7 Å². The van der Waals surface area contributed by atoms with Crippen molar-refractivity contribution in [3.8, 4) is 0 Å². The molecule has 1 N–H and O–H groups in total. The molecule has 0 spiro atoms. The maximum atomic E-state index is 5.48. The van der Waals surface area contributed by atoms with Gasteiger partial charge in [-0.25, -0.2) is 0 Å². The van der Waals surface area contributed by atoms with E-state index >= 15 is 0 Å². The van der Waals surface area contributed by atoms with E-state index in [0.717, 1.165) is 37.4 Å². The van der Waals surface area contributed by atoms with Crippen molar-refractivity contribution in [2.45, 2.75) is 38.3 Å². The summed E-state index contributed by atoms with van der Waals surface area (Å²) in [6.45, 7) is 3.04. The van der Waals surface area contributed by atoms with E-state index in [1.807, 2.05) is 0 Å². The normalized spacial score (nSPS) is 21.2. The summed E-state index contributed by atoms with van der Waals surface area (Å²) >= 11 is 0. The average Bonchev–Trinajstić information content (AvgIpc) is 2.78. The lowest BCUT2D eigenvalue weighted by molar-refractivity contribution is 0.544. The first kappa shape index (κ1) is 9.21. The molecule has 1 saturated heterocycles. The van der Waals surface area contributed by atoms with Gasteiger partial charge in [0.25, 0.3) is 6.01 Å².